The summed E-state index contributed by atoms with van der Waals surface area (Å²) in [6.45, 7) is 6.63. The number of fused-ring (bicyclic) bond motifs is 5. The first-order valence-corrected chi connectivity index (χ1v) is 16.1. The van der Waals surface area contributed by atoms with Gasteiger partial charge in [-0.15, -0.1) is 23.2 Å². The molecule has 222 valence electrons. The average Bonchev–Trinajstić information content (AvgIpc) is 3.10. The maximum Gasteiger partial charge on any atom is 0.331 e. The number of esters is 1. The van der Waals surface area contributed by atoms with Crippen molar-refractivity contribution in [3.8, 4) is 0 Å². The third-order valence-corrected chi connectivity index (χ3v) is 11.0. The van der Waals surface area contributed by atoms with Crippen molar-refractivity contribution >= 4 is 52.6 Å². The zero-order chi connectivity index (χ0) is 29.2. The number of benzene rings is 1. The lowest BCUT2D eigenvalue weighted by atomic mass is 9.45. The Hall–Kier alpha value is -2.31. The molecule has 6 atom stereocenters. The molecule has 3 saturated carbocycles. The van der Waals surface area contributed by atoms with E-state index in [-0.39, 0.29) is 22.5 Å². The average molecular weight is 602 g/mol. The quantitative estimate of drug-likeness (QED) is 0.220. The van der Waals surface area contributed by atoms with E-state index in [0.29, 0.717) is 55.6 Å². The number of carbonyl (C=O) groups excluding carboxylic acids is 3. The molecule has 1 aromatic rings. The van der Waals surface area contributed by atoms with Gasteiger partial charge in [-0.1, -0.05) is 31.6 Å². The van der Waals surface area contributed by atoms with Crippen LogP contribution in [-0.4, -0.2) is 55.2 Å². The zero-order valence-electron chi connectivity index (χ0n) is 24.2. The van der Waals surface area contributed by atoms with Crippen LogP contribution in [-0.2, 0) is 19.1 Å². The van der Waals surface area contributed by atoms with Gasteiger partial charge in [0.1, 0.15) is 0 Å². The Morgan fingerprint density at radius 2 is 1.76 bits per heavy atom. The van der Waals surface area contributed by atoms with Crippen molar-refractivity contribution in [1.29, 1.82) is 0 Å². The summed E-state index contributed by atoms with van der Waals surface area (Å²) in [5.41, 5.74) is 2.82. The number of Topliss-reactive ketones (excluding diaryl/α,β-unsaturated/α-hetero) is 1. The first kappa shape index (κ1) is 30.2. The molecule has 1 aliphatic heterocycles. The fourth-order valence-electron chi connectivity index (χ4n) is 8.47. The lowest BCUT2D eigenvalue weighted by Crippen LogP contribution is -2.58. The van der Waals surface area contributed by atoms with Crippen molar-refractivity contribution in [2.24, 2.45) is 28.6 Å². The highest BCUT2D eigenvalue weighted by molar-refractivity contribution is 6.18. The van der Waals surface area contributed by atoms with Gasteiger partial charge >= 0.3 is 5.97 Å². The van der Waals surface area contributed by atoms with Crippen LogP contribution in [0.3, 0.4) is 0 Å². The molecule has 3 fully saturated rings. The van der Waals surface area contributed by atoms with Gasteiger partial charge in [0.25, 0.3) is 0 Å². The van der Waals surface area contributed by atoms with Gasteiger partial charge < -0.3 is 15.0 Å². The summed E-state index contributed by atoms with van der Waals surface area (Å²) in [4.78, 5) is 40.6. The van der Waals surface area contributed by atoms with Gasteiger partial charge in [-0.05, 0) is 85.5 Å². The number of allylic oxidation sites excluding steroid dienone is 1. The zero-order valence-corrected chi connectivity index (χ0v) is 25.7. The van der Waals surface area contributed by atoms with Crippen LogP contribution in [0.1, 0.15) is 64.4 Å². The van der Waals surface area contributed by atoms with E-state index in [1.807, 2.05) is 30.3 Å². The number of hydrogen-bond acceptors (Lipinski definition) is 5. The number of nitrogens with zero attached hydrogens (tertiary/aromatic N) is 1. The van der Waals surface area contributed by atoms with Gasteiger partial charge in [-0.2, -0.15) is 0 Å². The number of halogens is 2. The summed E-state index contributed by atoms with van der Waals surface area (Å²) in [7, 11) is 0. The van der Waals surface area contributed by atoms with Crippen LogP contribution in [0, 0.1) is 28.6 Å². The number of alkyl halides is 2. The van der Waals surface area contributed by atoms with Crippen LogP contribution in [0.5, 0.6) is 0 Å². The number of anilines is 1. The summed E-state index contributed by atoms with van der Waals surface area (Å²) in [5.74, 6) is 1.89. The van der Waals surface area contributed by atoms with Crippen LogP contribution in [0.15, 0.2) is 42.0 Å². The highest BCUT2D eigenvalue weighted by Gasteiger charge is 2.60. The van der Waals surface area contributed by atoms with Crippen molar-refractivity contribution in [2.75, 3.05) is 36.3 Å². The minimum absolute atomic E-state index is 0.000294. The number of rotatable bonds is 8. The molecule has 1 N–H and O–H groups in total. The van der Waals surface area contributed by atoms with Crippen LogP contribution < -0.4 is 10.2 Å². The van der Waals surface area contributed by atoms with Crippen molar-refractivity contribution in [3.05, 3.63) is 47.6 Å². The van der Waals surface area contributed by atoms with Gasteiger partial charge in [-0.25, -0.2) is 4.79 Å². The predicted molar refractivity (Wildman–Crippen MR) is 164 cm³/mol. The molecule has 1 aromatic carbocycles. The van der Waals surface area contributed by atoms with Gasteiger partial charge in [0.05, 0.1) is 0 Å². The second-order valence-corrected chi connectivity index (χ2v) is 13.5. The Labute approximate surface area is 253 Å². The molecule has 41 heavy (non-hydrogen) atoms. The molecule has 5 rings (SSSR count). The molecule has 0 saturated heterocycles. The minimum atomic E-state index is -0.719. The lowest BCUT2D eigenvalue weighted by molar-refractivity contribution is -0.179. The Bertz CT molecular complexity index is 1210. The van der Waals surface area contributed by atoms with Crippen LogP contribution >= 0.6 is 23.2 Å². The SMILES string of the molecule is C[C@]12CCNC(=O)C=C1CCC1C2CC[C@@]2(C)C1CCC(=O)[C@@H]2OC(=O)/C=C/c1ccc(N(CCCl)CCCl)cc1. The van der Waals surface area contributed by atoms with Gasteiger partial charge in [-0.3, -0.25) is 9.59 Å². The predicted octanol–water partition coefficient (Wildman–Crippen LogP) is 6.15. The van der Waals surface area contributed by atoms with E-state index in [9.17, 15) is 14.4 Å². The molecule has 4 aliphatic rings. The van der Waals surface area contributed by atoms with Crippen LogP contribution in [0.2, 0.25) is 0 Å². The Kier molecular flexibility index (Phi) is 9.20. The molecule has 3 unspecified atom stereocenters. The molecule has 1 heterocycles. The minimum Gasteiger partial charge on any atom is -0.451 e. The van der Waals surface area contributed by atoms with E-state index in [0.717, 1.165) is 49.8 Å². The normalized spacial score (nSPS) is 33.1. The van der Waals surface area contributed by atoms with Crippen molar-refractivity contribution in [1.82, 2.24) is 5.32 Å². The molecule has 0 radical (unpaired) electrons. The standard InChI is InChI=1S/C33H42Cl2N2O4/c1-32-15-18-36-29(39)21-23(32)6-9-25-26-10-11-28(38)31(33(26,2)14-13-27(25)32)41-30(40)12-5-22-3-7-24(8-4-22)37(19-16-34)20-17-35/h3-5,7-8,12,21,25-27,31H,6,9-11,13-20H2,1-2H3,(H,36,39)/b12-5+/t25?,26?,27?,31-,32-,33-/m0/s1. The van der Waals surface area contributed by atoms with Crippen molar-refractivity contribution in [2.45, 2.75) is 64.9 Å². The number of nitrogens with one attached hydrogen (secondary N) is 1. The smallest absolute Gasteiger partial charge is 0.331 e. The number of carbonyl (C=O) groups is 3. The molecule has 0 aromatic heterocycles. The third kappa shape index (κ3) is 5.97. The molecule has 1 amide bonds. The van der Waals surface area contributed by atoms with E-state index in [4.69, 9.17) is 27.9 Å². The lowest BCUT2D eigenvalue weighted by Gasteiger charge is -2.60. The fraction of sp³-hybridized carbons (Fsp3) is 0.606. The first-order chi connectivity index (χ1) is 19.7. The number of ether oxygens (including phenoxy) is 1. The van der Waals surface area contributed by atoms with E-state index in [1.54, 1.807) is 6.08 Å². The number of amides is 1. The summed E-state index contributed by atoms with van der Waals surface area (Å²) in [5, 5.41) is 3.03. The summed E-state index contributed by atoms with van der Waals surface area (Å²) >= 11 is 11.9. The topological polar surface area (TPSA) is 75.7 Å². The third-order valence-electron chi connectivity index (χ3n) is 10.6. The van der Waals surface area contributed by atoms with E-state index in [1.165, 1.54) is 11.6 Å². The van der Waals surface area contributed by atoms with Crippen LogP contribution in [0.25, 0.3) is 6.08 Å². The summed E-state index contributed by atoms with van der Waals surface area (Å²) in [6.07, 6.45) is 10.3. The molecular weight excluding hydrogens is 559 g/mol. The van der Waals surface area contributed by atoms with Crippen LogP contribution in [0.4, 0.5) is 5.69 Å². The number of ketones is 1. The second kappa shape index (κ2) is 12.5. The fourth-order valence-corrected chi connectivity index (χ4v) is 8.88. The molecule has 0 spiro atoms. The second-order valence-electron chi connectivity index (χ2n) is 12.7. The number of hydrogen-bond donors (Lipinski definition) is 1. The van der Waals surface area contributed by atoms with E-state index >= 15 is 0 Å². The highest BCUT2D eigenvalue weighted by atomic mass is 35.5. The summed E-state index contributed by atoms with van der Waals surface area (Å²) < 4.78 is 5.99. The van der Waals surface area contributed by atoms with Gasteiger partial charge in [0.15, 0.2) is 11.9 Å². The summed E-state index contributed by atoms with van der Waals surface area (Å²) in [6, 6.07) is 7.87. The maximum atomic E-state index is 13.2. The Balaban J connectivity index is 1.28. The molecule has 8 heteroatoms. The molecule has 6 nitrogen and oxygen atoms in total. The Morgan fingerprint density at radius 3 is 2.46 bits per heavy atom. The Morgan fingerprint density at radius 1 is 1.02 bits per heavy atom. The van der Waals surface area contributed by atoms with Gasteiger partial charge in [0.2, 0.25) is 5.91 Å². The monoisotopic (exact) mass is 600 g/mol. The molecular formula is C33H42Cl2N2O4. The van der Waals surface area contributed by atoms with E-state index < -0.39 is 12.1 Å². The maximum absolute atomic E-state index is 13.2. The largest absolute Gasteiger partial charge is 0.451 e. The van der Waals surface area contributed by atoms with E-state index in [2.05, 4.69) is 24.1 Å². The highest BCUT2D eigenvalue weighted by Crippen LogP contribution is 2.63. The van der Waals surface area contributed by atoms with Gasteiger partial charge in [0, 0.05) is 61.1 Å². The molecule has 3 aliphatic carbocycles. The first-order valence-electron chi connectivity index (χ1n) is 15.1. The van der Waals surface area contributed by atoms with Crippen molar-refractivity contribution in [3.63, 3.8) is 0 Å². The van der Waals surface area contributed by atoms with Crippen molar-refractivity contribution < 1.29 is 19.1 Å². The molecule has 0 bridgehead atoms.